The quantitative estimate of drug-likeness (QED) is 0.558. The van der Waals surface area contributed by atoms with Crippen LogP contribution in [0.25, 0.3) is 0 Å². The van der Waals surface area contributed by atoms with E-state index in [1.54, 1.807) is 12.3 Å². The summed E-state index contributed by atoms with van der Waals surface area (Å²) >= 11 is 0. The van der Waals surface area contributed by atoms with E-state index < -0.39 is 0 Å². The minimum absolute atomic E-state index is 0.339. The van der Waals surface area contributed by atoms with E-state index in [1.807, 2.05) is 19.9 Å². The van der Waals surface area contributed by atoms with E-state index in [2.05, 4.69) is 16.8 Å². The van der Waals surface area contributed by atoms with Crippen LogP contribution in [0.1, 0.15) is 25.0 Å². The molecule has 0 aromatic carbocycles. The van der Waals surface area contributed by atoms with Gasteiger partial charge in [0.1, 0.15) is 6.07 Å². The van der Waals surface area contributed by atoms with Crippen molar-refractivity contribution in [3.63, 3.8) is 0 Å². The summed E-state index contributed by atoms with van der Waals surface area (Å²) in [4.78, 5) is 3.91. The highest BCUT2D eigenvalue weighted by Crippen LogP contribution is 1.99. The lowest BCUT2D eigenvalue weighted by Gasteiger charge is -1.91. The van der Waals surface area contributed by atoms with Gasteiger partial charge >= 0.3 is 0 Å². The molecule has 0 saturated heterocycles. The van der Waals surface area contributed by atoms with Crippen LogP contribution in [0.3, 0.4) is 0 Å². The summed E-state index contributed by atoms with van der Waals surface area (Å²) < 4.78 is 0. The average molecular weight is 170 g/mol. The van der Waals surface area contributed by atoms with Crippen molar-refractivity contribution < 1.29 is 0 Å². The third kappa shape index (κ3) is 2.97. The van der Waals surface area contributed by atoms with Gasteiger partial charge in [-0.1, -0.05) is 25.7 Å². The normalized spacial score (nSPS) is 8.77. The topological polar surface area (TPSA) is 36.7 Å². The molecule has 1 aromatic rings. The fourth-order valence-corrected chi connectivity index (χ4v) is 0.797. The molecule has 13 heavy (non-hydrogen) atoms. The van der Waals surface area contributed by atoms with Crippen molar-refractivity contribution in [3.05, 3.63) is 29.6 Å². The number of aromatic nitrogens is 1. The molecule has 0 N–H and O–H groups in total. The van der Waals surface area contributed by atoms with Crippen molar-refractivity contribution in [2.24, 2.45) is 5.92 Å². The van der Waals surface area contributed by atoms with Crippen LogP contribution in [0.2, 0.25) is 0 Å². The predicted octanol–water partition coefficient (Wildman–Crippen LogP) is 1.96. The Labute approximate surface area is 78.2 Å². The maximum Gasteiger partial charge on any atom is 0.101 e. The number of pyridine rings is 1. The Morgan fingerprint density at radius 1 is 1.31 bits per heavy atom. The Morgan fingerprint density at radius 3 is 2.62 bits per heavy atom. The largest absolute Gasteiger partial charge is 0.262 e. The van der Waals surface area contributed by atoms with E-state index in [4.69, 9.17) is 5.26 Å². The average Bonchev–Trinajstić information content (AvgIpc) is 2.15. The van der Waals surface area contributed by atoms with Gasteiger partial charge in [-0.05, 0) is 6.07 Å². The highest BCUT2D eigenvalue weighted by atomic mass is 14.6. The fourth-order valence-electron chi connectivity index (χ4n) is 0.797. The third-order valence-corrected chi connectivity index (χ3v) is 1.37. The molecule has 1 rings (SSSR count). The van der Waals surface area contributed by atoms with Crippen molar-refractivity contribution in [2.45, 2.75) is 13.8 Å². The van der Waals surface area contributed by atoms with Crippen LogP contribution in [0.5, 0.6) is 0 Å². The summed E-state index contributed by atoms with van der Waals surface area (Å²) in [6.07, 6.45) is 3.19. The van der Waals surface area contributed by atoms with Gasteiger partial charge in [0.05, 0.1) is 5.56 Å². The molecule has 0 spiro atoms. The molecular formula is C11H10N2. The Morgan fingerprint density at radius 2 is 2.00 bits per heavy atom. The molecule has 64 valence electrons. The summed E-state index contributed by atoms with van der Waals surface area (Å²) in [6, 6.07) is 3.76. The van der Waals surface area contributed by atoms with Crippen LogP contribution in [0, 0.1) is 29.1 Å². The summed E-state index contributed by atoms with van der Waals surface area (Å²) in [5.41, 5.74) is 1.35. The molecule has 0 saturated carbocycles. The number of nitriles is 1. The van der Waals surface area contributed by atoms with E-state index in [1.165, 1.54) is 6.20 Å². The lowest BCUT2D eigenvalue weighted by molar-refractivity contribution is 0.866. The molecule has 1 heterocycles. The molecule has 2 heteroatoms. The molecule has 0 aliphatic rings. The molecule has 2 nitrogen and oxygen atoms in total. The molecule has 0 aliphatic carbocycles. The minimum Gasteiger partial charge on any atom is -0.262 e. The van der Waals surface area contributed by atoms with Crippen molar-refractivity contribution in [2.75, 3.05) is 0 Å². The van der Waals surface area contributed by atoms with Crippen LogP contribution in [0.4, 0.5) is 0 Å². The Bertz CT molecular complexity index is 389. The van der Waals surface area contributed by atoms with Gasteiger partial charge in [0.2, 0.25) is 0 Å². The predicted molar refractivity (Wildman–Crippen MR) is 50.7 cm³/mol. The van der Waals surface area contributed by atoms with Crippen molar-refractivity contribution in [3.8, 4) is 17.9 Å². The second-order valence-electron chi connectivity index (χ2n) is 3.00. The van der Waals surface area contributed by atoms with Crippen molar-refractivity contribution in [1.82, 2.24) is 4.98 Å². The summed E-state index contributed by atoms with van der Waals surface area (Å²) in [5, 5.41) is 8.60. The van der Waals surface area contributed by atoms with Gasteiger partial charge in [-0.2, -0.15) is 5.26 Å². The standard InChI is InChI=1S/C11H10N2/c1-9(2)3-4-10-5-11(6-12)8-13-7-10/h5,7-9H,1-2H3. The molecule has 0 bridgehead atoms. The first kappa shape index (κ1) is 9.29. The zero-order valence-electron chi connectivity index (χ0n) is 7.70. The maximum absolute atomic E-state index is 8.60. The summed E-state index contributed by atoms with van der Waals surface area (Å²) in [7, 11) is 0. The van der Waals surface area contributed by atoms with Gasteiger partial charge in [0, 0.05) is 23.9 Å². The maximum atomic E-state index is 8.60. The van der Waals surface area contributed by atoms with Crippen molar-refractivity contribution in [1.29, 1.82) is 5.26 Å². The second kappa shape index (κ2) is 4.28. The monoisotopic (exact) mass is 170 g/mol. The lowest BCUT2D eigenvalue weighted by Crippen LogP contribution is -1.83. The summed E-state index contributed by atoms with van der Waals surface area (Å²) in [5.74, 6) is 6.31. The van der Waals surface area contributed by atoms with Crippen LogP contribution < -0.4 is 0 Å². The molecule has 0 unspecified atom stereocenters. The van der Waals surface area contributed by atoms with Gasteiger partial charge in [0.15, 0.2) is 0 Å². The minimum atomic E-state index is 0.339. The van der Waals surface area contributed by atoms with E-state index in [-0.39, 0.29) is 0 Å². The van der Waals surface area contributed by atoms with E-state index in [9.17, 15) is 0 Å². The van der Waals surface area contributed by atoms with Gasteiger partial charge < -0.3 is 0 Å². The SMILES string of the molecule is CC(C)C#Cc1cncc(C#N)c1. The van der Waals surface area contributed by atoms with Crippen LogP contribution >= 0.6 is 0 Å². The lowest BCUT2D eigenvalue weighted by atomic mass is 10.2. The highest BCUT2D eigenvalue weighted by molar-refractivity contribution is 5.38. The zero-order valence-corrected chi connectivity index (χ0v) is 7.70. The van der Waals surface area contributed by atoms with Crippen LogP contribution in [-0.2, 0) is 0 Å². The molecule has 1 aromatic heterocycles. The van der Waals surface area contributed by atoms with E-state index in [0.717, 1.165) is 5.56 Å². The van der Waals surface area contributed by atoms with Gasteiger partial charge in [0.25, 0.3) is 0 Å². The van der Waals surface area contributed by atoms with Crippen molar-refractivity contribution >= 4 is 0 Å². The van der Waals surface area contributed by atoms with E-state index >= 15 is 0 Å². The third-order valence-electron chi connectivity index (χ3n) is 1.37. The van der Waals surface area contributed by atoms with Gasteiger partial charge in [-0.3, -0.25) is 4.98 Å². The molecule has 0 radical (unpaired) electrons. The number of nitrogens with zero attached hydrogens (tertiary/aromatic N) is 2. The Hall–Kier alpha value is -1.80. The first-order valence-corrected chi connectivity index (χ1v) is 4.09. The summed E-state index contributed by atoms with van der Waals surface area (Å²) in [6.45, 7) is 4.04. The Kier molecular flexibility index (Phi) is 3.06. The molecular weight excluding hydrogens is 160 g/mol. The first-order chi connectivity index (χ1) is 6.22. The molecule has 0 fully saturated rings. The first-order valence-electron chi connectivity index (χ1n) is 4.09. The van der Waals surface area contributed by atoms with Crippen LogP contribution in [0.15, 0.2) is 18.5 Å². The number of hydrogen-bond donors (Lipinski definition) is 0. The number of rotatable bonds is 0. The smallest absolute Gasteiger partial charge is 0.101 e. The van der Waals surface area contributed by atoms with Crippen LogP contribution in [-0.4, -0.2) is 4.98 Å². The van der Waals surface area contributed by atoms with E-state index in [0.29, 0.717) is 11.5 Å². The van der Waals surface area contributed by atoms with Gasteiger partial charge in [-0.15, -0.1) is 0 Å². The fraction of sp³-hybridized carbons (Fsp3) is 0.273. The van der Waals surface area contributed by atoms with Gasteiger partial charge in [-0.25, -0.2) is 0 Å². The highest BCUT2D eigenvalue weighted by Gasteiger charge is 1.91. The molecule has 0 atom stereocenters. The molecule has 0 aliphatic heterocycles. The second-order valence-corrected chi connectivity index (χ2v) is 3.00. The molecule has 0 amide bonds. The number of hydrogen-bond acceptors (Lipinski definition) is 2. The Balaban J connectivity index is 2.93. The zero-order chi connectivity index (χ0) is 9.68.